The minimum absolute atomic E-state index is 0.0184. The summed E-state index contributed by atoms with van der Waals surface area (Å²) in [7, 11) is 0. The molecule has 3 N–H and O–H groups in total. The Morgan fingerprint density at radius 2 is 1.86 bits per heavy atom. The SMILES string of the molecule is CCOc1cc([C@@H]2c3c(-c4cc(Cl)c(C)cc4O)n[nH]c3C(=O)N2Cc2ccc(F)cc2)ccc1O. The summed E-state index contributed by atoms with van der Waals surface area (Å²) in [5.41, 5.74) is 3.72. The second-order valence-electron chi connectivity index (χ2n) is 8.60. The Balaban J connectivity index is 1.68. The summed E-state index contributed by atoms with van der Waals surface area (Å²) < 4.78 is 19.1. The number of aromatic hydroxyl groups is 2. The molecular formula is C27H23ClFN3O4. The summed E-state index contributed by atoms with van der Waals surface area (Å²) in [5.74, 6) is -0.433. The van der Waals surface area contributed by atoms with Gasteiger partial charge in [0.1, 0.15) is 23.0 Å². The van der Waals surface area contributed by atoms with Crippen molar-refractivity contribution in [1.82, 2.24) is 15.1 Å². The predicted octanol–water partition coefficient (Wildman–Crippen LogP) is 5.73. The average molecular weight is 508 g/mol. The number of aromatic amines is 1. The topological polar surface area (TPSA) is 98.7 Å². The molecule has 0 saturated carbocycles. The molecule has 0 radical (unpaired) electrons. The molecule has 7 nitrogen and oxygen atoms in total. The van der Waals surface area contributed by atoms with Crippen molar-refractivity contribution < 1.29 is 24.1 Å². The van der Waals surface area contributed by atoms with Crippen LogP contribution in [0.5, 0.6) is 17.2 Å². The third kappa shape index (κ3) is 4.03. The normalized spacial score (nSPS) is 14.8. The number of nitrogens with zero attached hydrogens (tertiary/aromatic N) is 2. The largest absolute Gasteiger partial charge is 0.507 e. The molecule has 0 aliphatic carbocycles. The van der Waals surface area contributed by atoms with Gasteiger partial charge in [-0.05, 0) is 66.9 Å². The van der Waals surface area contributed by atoms with Crippen molar-refractivity contribution in [3.8, 4) is 28.5 Å². The summed E-state index contributed by atoms with van der Waals surface area (Å²) in [5, 5.41) is 28.6. The Morgan fingerprint density at radius 3 is 2.58 bits per heavy atom. The van der Waals surface area contributed by atoms with Gasteiger partial charge in [-0.25, -0.2) is 4.39 Å². The van der Waals surface area contributed by atoms with Crippen molar-refractivity contribution in [1.29, 1.82) is 0 Å². The first-order valence-corrected chi connectivity index (χ1v) is 11.7. The minimum Gasteiger partial charge on any atom is -0.507 e. The van der Waals surface area contributed by atoms with E-state index in [-0.39, 0.29) is 41.2 Å². The molecule has 9 heteroatoms. The fourth-order valence-corrected chi connectivity index (χ4v) is 4.69. The van der Waals surface area contributed by atoms with Gasteiger partial charge in [0.15, 0.2) is 11.5 Å². The van der Waals surface area contributed by atoms with Crippen molar-refractivity contribution in [3.63, 3.8) is 0 Å². The maximum atomic E-state index is 13.6. The van der Waals surface area contributed by atoms with Crippen molar-refractivity contribution in [3.05, 3.63) is 93.4 Å². The first kappa shape index (κ1) is 23.7. The van der Waals surface area contributed by atoms with Gasteiger partial charge >= 0.3 is 0 Å². The lowest BCUT2D eigenvalue weighted by atomic mass is 9.94. The number of fused-ring (bicyclic) bond motifs is 1. The van der Waals surface area contributed by atoms with Gasteiger partial charge in [0.05, 0.1) is 12.6 Å². The van der Waals surface area contributed by atoms with E-state index in [2.05, 4.69) is 10.2 Å². The predicted molar refractivity (Wildman–Crippen MR) is 133 cm³/mol. The van der Waals surface area contributed by atoms with E-state index in [1.165, 1.54) is 18.2 Å². The molecular weight excluding hydrogens is 485 g/mol. The molecule has 184 valence electrons. The van der Waals surface area contributed by atoms with Gasteiger partial charge < -0.3 is 19.8 Å². The number of halogens is 2. The van der Waals surface area contributed by atoms with E-state index in [1.54, 1.807) is 48.2 Å². The Morgan fingerprint density at radius 1 is 1.11 bits per heavy atom. The zero-order valence-corrected chi connectivity index (χ0v) is 20.3. The van der Waals surface area contributed by atoms with Gasteiger partial charge in [-0.3, -0.25) is 9.89 Å². The smallest absolute Gasteiger partial charge is 0.273 e. The van der Waals surface area contributed by atoms with Crippen LogP contribution >= 0.6 is 11.6 Å². The van der Waals surface area contributed by atoms with Gasteiger partial charge in [-0.1, -0.05) is 29.8 Å². The summed E-state index contributed by atoms with van der Waals surface area (Å²) in [6.45, 7) is 4.13. The lowest BCUT2D eigenvalue weighted by Gasteiger charge is -2.27. The highest BCUT2D eigenvalue weighted by Gasteiger charge is 2.43. The molecule has 1 aliphatic heterocycles. The zero-order valence-electron chi connectivity index (χ0n) is 19.5. The number of amides is 1. The molecule has 1 amide bonds. The van der Waals surface area contributed by atoms with Crippen LogP contribution in [0.1, 0.15) is 45.7 Å². The molecule has 0 saturated heterocycles. The number of hydrogen-bond acceptors (Lipinski definition) is 5. The van der Waals surface area contributed by atoms with Gasteiger partial charge in [0.25, 0.3) is 5.91 Å². The maximum absolute atomic E-state index is 13.6. The number of carbonyl (C=O) groups is 1. The molecule has 0 bridgehead atoms. The van der Waals surface area contributed by atoms with Crippen molar-refractivity contribution in [2.45, 2.75) is 26.4 Å². The van der Waals surface area contributed by atoms with E-state index in [9.17, 15) is 19.4 Å². The maximum Gasteiger partial charge on any atom is 0.273 e. The molecule has 1 aromatic heterocycles. The zero-order chi connectivity index (χ0) is 25.6. The Kier molecular flexibility index (Phi) is 6.05. The van der Waals surface area contributed by atoms with Crippen molar-refractivity contribution in [2.75, 3.05) is 6.61 Å². The third-order valence-corrected chi connectivity index (χ3v) is 6.67. The van der Waals surface area contributed by atoms with Crippen LogP contribution in [-0.4, -0.2) is 37.8 Å². The Labute approximate surface area is 211 Å². The number of aromatic nitrogens is 2. The van der Waals surface area contributed by atoms with Crippen LogP contribution in [0.3, 0.4) is 0 Å². The number of rotatable bonds is 6. The number of aryl methyl sites for hydroxylation is 1. The quantitative estimate of drug-likeness (QED) is 0.309. The summed E-state index contributed by atoms with van der Waals surface area (Å²) >= 11 is 6.36. The van der Waals surface area contributed by atoms with Crippen molar-refractivity contribution >= 4 is 17.5 Å². The van der Waals surface area contributed by atoms with E-state index < -0.39 is 6.04 Å². The van der Waals surface area contributed by atoms with E-state index in [1.807, 2.05) is 6.92 Å². The van der Waals surface area contributed by atoms with E-state index in [0.717, 1.165) is 5.56 Å². The van der Waals surface area contributed by atoms with E-state index in [0.29, 0.717) is 39.6 Å². The fraction of sp³-hybridized carbons (Fsp3) is 0.185. The highest BCUT2D eigenvalue weighted by Crippen LogP contribution is 2.47. The van der Waals surface area contributed by atoms with Crippen LogP contribution in [0.2, 0.25) is 5.02 Å². The number of phenols is 2. The lowest BCUT2D eigenvalue weighted by molar-refractivity contribution is 0.0730. The molecule has 0 fully saturated rings. The number of phenolic OH excluding ortho intramolecular Hbond substituents is 2. The van der Waals surface area contributed by atoms with Gasteiger partial charge in [-0.15, -0.1) is 0 Å². The van der Waals surface area contributed by atoms with Gasteiger partial charge in [-0.2, -0.15) is 5.10 Å². The minimum atomic E-state index is -0.634. The number of hydrogen-bond donors (Lipinski definition) is 3. The molecule has 5 rings (SSSR count). The van der Waals surface area contributed by atoms with Crippen molar-refractivity contribution in [2.24, 2.45) is 0 Å². The molecule has 1 aliphatic rings. The first-order chi connectivity index (χ1) is 17.3. The Bertz CT molecular complexity index is 1470. The fourth-order valence-electron chi connectivity index (χ4n) is 4.53. The number of nitrogens with one attached hydrogen (secondary N) is 1. The van der Waals surface area contributed by atoms with Crippen LogP contribution in [0, 0.1) is 12.7 Å². The number of carbonyl (C=O) groups excluding carboxylic acids is 1. The summed E-state index contributed by atoms with van der Waals surface area (Å²) in [6, 6.07) is 13.4. The molecule has 0 unspecified atom stereocenters. The van der Waals surface area contributed by atoms with Gasteiger partial charge in [0.2, 0.25) is 0 Å². The first-order valence-electron chi connectivity index (χ1n) is 11.4. The second-order valence-corrected chi connectivity index (χ2v) is 9.01. The molecule has 4 aromatic rings. The standard InChI is InChI=1S/C27H23ClFN3O4/c1-3-36-22-11-16(6-9-20(22)33)26-23-24(18-12-19(28)14(2)10-21(18)34)30-31-25(23)27(35)32(26)13-15-4-7-17(29)8-5-15/h4-12,26,33-34H,3,13H2,1-2H3,(H,30,31)/t26-/m1/s1. The van der Waals surface area contributed by atoms with Gasteiger partial charge in [0, 0.05) is 22.7 Å². The van der Waals surface area contributed by atoms with Crippen LogP contribution in [0.25, 0.3) is 11.3 Å². The van der Waals surface area contributed by atoms with Crippen LogP contribution in [0.15, 0.2) is 54.6 Å². The van der Waals surface area contributed by atoms with E-state index >= 15 is 0 Å². The lowest BCUT2D eigenvalue weighted by Crippen LogP contribution is -2.29. The average Bonchev–Trinajstić information content (AvgIpc) is 3.38. The molecule has 0 spiro atoms. The van der Waals surface area contributed by atoms with Crippen LogP contribution < -0.4 is 4.74 Å². The highest BCUT2D eigenvalue weighted by atomic mass is 35.5. The molecule has 2 heterocycles. The number of H-pyrrole nitrogens is 1. The Hall–Kier alpha value is -4.04. The molecule has 1 atom stereocenters. The third-order valence-electron chi connectivity index (χ3n) is 6.26. The second kappa shape index (κ2) is 9.20. The number of benzene rings is 3. The van der Waals surface area contributed by atoms with Crippen LogP contribution in [0.4, 0.5) is 4.39 Å². The van der Waals surface area contributed by atoms with E-state index in [4.69, 9.17) is 16.3 Å². The monoisotopic (exact) mass is 507 g/mol. The summed E-state index contributed by atoms with van der Waals surface area (Å²) in [6.07, 6.45) is 0. The van der Waals surface area contributed by atoms with Crippen LogP contribution in [-0.2, 0) is 6.54 Å². The highest BCUT2D eigenvalue weighted by molar-refractivity contribution is 6.31. The molecule has 36 heavy (non-hydrogen) atoms. The number of ether oxygens (including phenoxy) is 1. The summed E-state index contributed by atoms with van der Waals surface area (Å²) in [4.78, 5) is 15.2. The molecule has 3 aromatic carbocycles.